The van der Waals surface area contributed by atoms with Crippen molar-refractivity contribution in [3.63, 3.8) is 0 Å². The fourth-order valence-electron chi connectivity index (χ4n) is 1.24. The molecule has 1 unspecified atom stereocenters. The van der Waals surface area contributed by atoms with Gasteiger partial charge in [0.2, 0.25) is 0 Å². The molecule has 0 heterocycles. The number of carbonyl (C=O) groups is 1. The van der Waals surface area contributed by atoms with Crippen molar-refractivity contribution in [3.05, 3.63) is 29.6 Å². The Morgan fingerprint density at radius 2 is 2.18 bits per heavy atom. The highest BCUT2D eigenvalue weighted by molar-refractivity contribution is 5.85. The number of halogens is 2. The van der Waals surface area contributed by atoms with Crippen LogP contribution in [0.5, 0.6) is 5.75 Å². The molecule has 0 aliphatic heterocycles. The van der Waals surface area contributed by atoms with Gasteiger partial charge in [-0.15, -0.1) is 12.4 Å². The van der Waals surface area contributed by atoms with Gasteiger partial charge in [0, 0.05) is 0 Å². The second-order valence-corrected chi connectivity index (χ2v) is 3.12. The summed E-state index contributed by atoms with van der Waals surface area (Å²) in [6.07, 6.45) is 0. The maximum absolute atomic E-state index is 13.3. The predicted molar refractivity (Wildman–Crippen MR) is 63.8 cm³/mol. The molecule has 0 fully saturated rings. The Morgan fingerprint density at radius 3 is 2.65 bits per heavy atom. The molecule has 0 aliphatic carbocycles. The number of esters is 1. The molecule has 6 heteroatoms. The van der Waals surface area contributed by atoms with E-state index >= 15 is 0 Å². The Balaban J connectivity index is 0.00000256. The second-order valence-electron chi connectivity index (χ2n) is 3.12. The summed E-state index contributed by atoms with van der Waals surface area (Å²) in [5, 5.41) is 0. The number of carbonyl (C=O) groups excluding carboxylic acids is 1. The summed E-state index contributed by atoms with van der Waals surface area (Å²) in [5.41, 5.74) is 5.96. The van der Waals surface area contributed by atoms with Crippen LogP contribution in [-0.4, -0.2) is 19.7 Å². The van der Waals surface area contributed by atoms with E-state index in [9.17, 15) is 9.18 Å². The summed E-state index contributed by atoms with van der Waals surface area (Å²) < 4.78 is 22.8. The van der Waals surface area contributed by atoms with Gasteiger partial charge in [-0.05, 0) is 24.6 Å². The van der Waals surface area contributed by atoms with Gasteiger partial charge in [0.15, 0.2) is 11.6 Å². The van der Waals surface area contributed by atoms with Crippen LogP contribution in [0.1, 0.15) is 18.5 Å². The quantitative estimate of drug-likeness (QED) is 0.842. The molecule has 0 aromatic heterocycles. The predicted octanol–water partition coefficient (Wildman–Crippen LogP) is 1.82. The average Bonchev–Trinajstić information content (AvgIpc) is 2.28. The maximum atomic E-state index is 13.3. The van der Waals surface area contributed by atoms with Crippen LogP contribution in [0.2, 0.25) is 0 Å². The Hall–Kier alpha value is -1.33. The first-order valence-corrected chi connectivity index (χ1v) is 4.85. The van der Waals surface area contributed by atoms with E-state index in [1.165, 1.54) is 25.3 Å². The molecule has 4 nitrogen and oxygen atoms in total. The molecule has 0 saturated heterocycles. The summed E-state index contributed by atoms with van der Waals surface area (Å²) in [7, 11) is 1.36. The minimum atomic E-state index is -0.972. The Bertz CT molecular complexity index is 387. The molecule has 1 aromatic rings. The number of ether oxygens (including phenoxy) is 2. The van der Waals surface area contributed by atoms with Gasteiger partial charge in [-0.3, -0.25) is 0 Å². The van der Waals surface area contributed by atoms with Gasteiger partial charge in [0.25, 0.3) is 0 Å². The third-order valence-corrected chi connectivity index (χ3v) is 2.08. The van der Waals surface area contributed by atoms with Crippen LogP contribution in [0.25, 0.3) is 0 Å². The number of methoxy groups -OCH3 is 1. The van der Waals surface area contributed by atoms with Crippen molar-refractivity contribution in [2.45, 2.75) is 13.0 Å². The van der Waals surface area contributed by atoms with E-state index in [0.29, 0.717) is 5.56 Å². The van der Waals surface area contributed by atoms with Gasteiger partial charge in [0.1, 0.15) is 6.04 Å². The molecule has 0 saturated carbocycles. The molecule has 1 rings (SSSR count). The smallest absolute Gasteiger partial charge is 0.327 e. The molecule has 96 valence electrons. The van der Waals surface area contributed by atoms with Crippen LogP contribution in [0.3, 0.4) is 0 Å². The SMILES string of the molecule is CCOC(=O)C(N)c1ccc(OC)c(F)c1.Cl. The largest absolute Gasteiger partial charge is 0.494 e. The Labute approximate surface area is 105 Å². The summed E-state index contributed by atoms with van der Waals surface area (Å²) in [5.74, 6) is -1.02. The van der Waals surface area contributed by atoms with Crippen molar-refractivity contribution in [2.24, 2.45) is 5.73 Å². The lowest BCUT2D eigenvalue weighted by Gasteiger charge is -2.11. The highest BCUT2D eigenvalue weighted by Crippen LogP contribution is 2.21. The molecule has 0 amide bonds. The van der Waals surface area contributed by atoms with E-state index in [4.69, 9.17) is 15.2 Å². The number of hydrogen-bond acceptors (Lipinski definition) is 4. The van der Waals surface area contributed by atoms with Crippen molar-refractivity contribution in [1.82, 2.24) is 0 Å². The van der Waals surface area contributed by atoms with Gasteiger partial charge in [-0.2, -0.15) is 0 Å². The summed E-state index contributed by atoms with van der Waals surface area (Å²) in [4.78, 5) is 11.3. The van der Waals surface area contributed by atoms with Crippen molar-refractivity contribution < 1.29 is 18.7 Å². The number of nitrogens with two attached hydrogens (primary N) is 1. The van der Waals surface area contributed by atoms with E-state index in [1.807, 2.05) is 0 Å². The zero-order valence-corrected chi connectivity index (χ0v) is 10.4. The molecular formula is C11H15ClFNO3. The first-order chi connectivity index (χ1) is 7.60. The van der Waals surface area contributed by atoms with E-state index in [-0.39, 0.29) is 24.8 Å². The van der Waals surface area contributed by atoms with Gasteiger partial charge in [0.05, 0.1) is 13.7 Å². The van der Waals surface area contributed by atoms with Crippen molar-refractivity contribution in [3.8, 4) is 5.75 Å². The van der Waals surface area contributed by atoms with Gasteiger partial charge in [-0.1, -0.05) is 6.07 Å². The zero-order chi connectivity index (χ0) is 12.1. The van der Waals surface area contributed by atoms with E-state index < -0.39 is 17.8 Å². The van der Waals surface area contributed by atoms with Crippen LogP contribution in [0, 0.1) is 5.82 Å². The van der Waals surface area contributed by atoms with Crippen molar-refractivity contribution in [2.75, 3.05) is 13.7 Å². The zero-order valence-electron chi connectivity index (χ0n) is 9.60. The van der Waals surface area contributed by atoms with E-state index in [1.54, 1.807) is 6.92 Å². The Kier molecular flexibility index (Phi) is 6.53. The van der Waals surface area contributed by atoms with Crippen LogP contribution in [-0.2, 0) is 9.53 Å². The third kappa shape index (κ3) is 3.87. The number of rotatable bonds is 4. The highest BCUT2D eigenvalue weighted by atomic mass is 35.5. The normalized spacial score (nSPS) is 11.3. The average molecular weight is 264 g/mol. The molecule has 0 aliphatic rings. The fourth-order valence-corrected chi connectivity index (χ4v) is 1.24. The molecule has 2 N–H and O–H groups in total. The number of benzene rings is 1. The molecule has 1 aromatic carbocycles. The monoisotopic (exact) mass is 263 g/mol. The summed E-state index contributed by atoms with van der Waals surface area (Å²) >= 11 is 0. The highest BCUT2D eigenvalue weighted by Gasteiger charge is 2.18. The summed E-state index contributed by atoms with van der Waals surface area (Å²) in [6.45, 7) is 1.92. The maximum Gasteiger partial charge on any atom is 0.327 e. The minimum absolute atomic E-state index is 0. The van der Waals surface area contributed by atoms with E-state index in [2.05, 4.69) is 0 Å². The first-order valence-electron chi connectivity index (χ1n) is 4.85. The Morgan fingerprint density at radius 1 is 1.53 bits per heavy atom. The first kappa shape index (κ1) is 15.7. The molecular weight excluding hydrogens is 249 g/mol. The van der Waals surface area contributed by atoms with Gasteiger partial charge >= 0.3 is 5.97 Å². The minimum Gasteiger partial charge on any atom is -0.494 e. The molecule has 0 radical (unpaired) electrons. The second kappa shape index (κ2) is 7.09. The fraction of sp³-hybridized carbons (Fsp3) is 0.364. The summed E-state index contributed by atoms with van der Waals surface area (Å²) in [6, 6.07) is 3.15. The topological polar surface area (TPSA) is 61.5 Å². The van der Waals surface area contributed by atoms with Crippen molar-refractivity contribution in [1.29, 1.82) is 0 Å². The molecule has 0 spiro atoms. The van der Waals surface area contributed by atoms with Crippen LogP contribution >= 0.6 is 12.4 Å². The van der Waals surface area contributed by atoms with Gasteiger partial charge < -0.3 is 15.2 Å². The van der Waals surface area contributed by atoms with Crippen LogP contribution in [0.15, 0.2) is 18.2 Å². The lowest BCUT2D eigenvalue weighted by atomic mass is 10.1. The van der Waals surface area contributed by atoms with Crippen molar-refractivity contribution >= 4 is 18.4 Å². The van der Waals surface area contributed by atoms with Crippen LogP contribution < -0.4 is 10.5 Å². The number of hydrogen-bond donors (Lipinski definition) is 1. The molecule has 0 bridgehead atoms. The lowest BCUT2D eigenvalue weighted by Crippen LogP contribution is -2.23. The van der Waals surface area contributed by atoms with Crippen LogP contribution in [0.4, 0.5) is 4.39 Å². The molecule has 17 heavy (non-hydrogen) atoms. The van der Waals surface area contributed by atoms with E-state index in [0.717, 1.165) is 0 Å². The van der Waals surface area contributed by atoms with Gasteiger partial charge in [-0.25, -0.2) is 9.18 Å². The standard InChI is InChI=1S/C11H14FNO3.ClH/c1-3-16-11(14)10(13)7-4-5-9(15-2)8(12)6-7;/h4-6,10H,3,13H2,1-2H3;1H. The lowest BCUT2D eigenvalue weighted by molar-refractivity contribution is -0.144. The molecule has 1 atom stereocenters. The third-order valence-electron chi connectivity index (χ3n) is 2.08.